The van der Waals surface area contributed by atoms with Gasteiger partial charge in [0.15, 0.2) is 82.5 Å². The highest BCUT2D eigenvalue weighted by atomic mass is 19.2. The van der Waals surface area contributed by atoms with Gasteiger partial charge in [0.1, 0.15) is 58.4 Å². The van der Waals surface area contributed by atoms with Gasteiger partial charge < -0.3 is 4.74 Å². The van der Waals surface area contributed by atoms with Gasteiger partial charge in [0.25, 0.3) is 0 Å². The number of halogens is 20. The molecule has 0 spiro atoms. The lowest BCUT2D eigenvalue weighted by Gasteiger charge is -2.44. The van der Waals surface area contributed by atoms with Crippen LogP contribution in [0.3, 0.4) is 0 Å². The van der Waals surface area contributed by atoms with Gasteiger partial charge in [0.2, 0.25) is 11.9 Å². The van der Waals surface area contributed by atoms with Gasteiger partial charge in [-0.1, -0.05) is 78.9 Å². The molecule has 9 aromatic carbocycles. The molecule has 402 valence electrons. The molecule has 0 saturated heterocycles. The van der Waals surface area contributed by atoms with Gasteiger partial charge in [-0.2, -0.15) is 4.57 Å². The fourth-order valence-corrected chi connectivity index (χ4v) is 9.28. The molecule has 0 radical (unpaired) electrons. The fraction of sp³-hybridized carbons (Fsp3) is 0.0185. The first kappa shape index (κ1) is 54.8. The zero-order valence-corrected chi connectivity index (χ0v) is 38.5. The molecule has 0 amide bonds. The zero-order valence-electron chi connectivity index (χ0n) is 38.5. The molecule has 0 fully saturated rings. The maximum absolute atomic E-state index is 15.4. The van der Waals surface area contributed by atoms with E-state index in [1.807, 2.05) is 65.4 Å². The Hall–Kier alpha value is -9.03. The Balaban J connectivity index is 0.000000198. The number of fused-ring (bicyclic) bond motifs is 3. The van der Waals surface area contributed by atoms with Crippen LogP contribution in [0.5, 0.6) is 5.75 Å². The summed E-state index contributed by atoms with van der Waals surface area (Å²) in [6.07, 6.45) is -2.00. The molecule has 0 aliphatic rings. The van der Waals surface area contributed by atoms with Crippen LogP contribution < -0.4 is 31.2 Å². The van der Waals surface area contributed by atoms with Crippen LogP contribution >= 0.6 is 0 Å². The van der Waals surface area contributed by atoms with Gasteiger partial charge >= 0.3 is 5.97 Å². The van der Waals surface area contributed by atoms with E-state index < -0.39 is 150 Å². The summed E-state index contributed by atoms with van der Waals surface area (Å²) in [6, 6.07) is 32.7. The van der Waals surface area contributed by atoms with E-state index in [1.54, 1.807) is 12.4 Å². The highest BCUT2D eigenvalue weighted by Gasteiger charge is 2.52. The van der Waals surface area contributed by atoms with E-state index in [1.165, 1.54) is 0 Å². The summed E-state index contributed by atoms with van der Waals surface area (Å²) < 4.78 is 302. The Morgan fingerprint density at radius 3 is 1.15 bits per heavy atom. The summed E-state index contributed by atoms with van der Waals surface area (Å²) in [4.78, 5) is 17.6. The molecule has 10 rings (SSSR count). The van der Waals surface area contributed by atoms with Gasteiger partial charge in [-0.15, -0.1) is 21.9 Å². The molecule has 1 aromatic heterocycles. The smallest absolute Gasteiger partial charge is 0.368 e. The molecule has 0 aliphatic carbocycles. The van der Waals surface area contributed by atoms with E-state index in [4.69, 9.17) is 4.74 Å². The second-order valence-electron chi connectivity index (χ2n) is 17.1. The van der Waals surface area contributed by atoms with Crippen molar-refractivity contribution in [3.05, 3.63) is 243 Å². The molecule has 0 atom stereocenters. The first-order valence-corrected chi connectivity index (χ1v) is 22.1. The molecular formula is C54H21BF20N2O2. The minimum atomic E-state index is -7.22. The largest absolute Gasteiger partial charge is 0.420 e. The first-order chi connectivity index (χ1) is 37.4. The Kier molecular flexibility index (Phi) is 14.4. The molecule has 0 N–H and O–H groups in total. The van der Waals surface area contributed by atoms with Crippen LogP contribution in [-0.4, -0.2) is 17.1 Å². The summed E-state index contributed by atoms with van der Waals surface area (Å²) in [6.45, 7) is 0.646. The molecular weight excluding hydrogens is 1100 g/mol. The maximum Gasteiger partial charge on any atom is 0.368 e. The van der Waals surface area contributed by atoms with Crippen molar-refractivity contribution < 1.29 is 102 Å². The lowest BCUT2D eigenvalue weighted by Crippen LogP contribution is -2.81. The van der Waals surface area contributed by atoms with Crippen molar-refractivity contribution in [2.24, 2.45) is 0 Å². The Morgan fingerprint density at radius 1 is 0.392 bits per heavy atom. The van der Waals surface area contributed by atoms with Crippen molar-refractivity contribution in [3.63, 3.8) is 0 Å². The molecule has 10 aromatic rings. The predicted octanol–water partition coefficient (Wildman–Crippen LogP) is 11.9. The number of carbonyl (C=O) groups is 1. The van der Waals surface area contributed by atoms with E-state index in [-0.39, 0.29) is 5.69 Å². The van der Waals surface area contributed by atoms with Crippen LogP contribution in [0.15, 0.2) is 116 Å². The summed E-state index contributed by atoms with van der Waals surface area (Å²) in [5.74, 6) is -71.3. The minimum absolute atomic E-state index is 0.264. The standard InChI is InChI=1S/C30H21N2O2.C24BF20/c33-30(28-20-32(15-14-31-28)19-21-8-2-1-3-9-21)34-29-26-13-7-6-12-24(26)17-25-16-22-10-4-5-11-23(22)18-27(25)29;26-5-1(6(27)14(35)21(42)13(5)34)25(2-7(28)15(36)22(43)16(37)8(2)29,3-9(30)17(38)23(44)18(39)10(3)31)4-11(32)19(40)24(45)20(41)12(4)33/h1-18,20H,19H2;/q+1;-1. The van der Waals surface area contributed by atoms with Gasteiger partial charge in [-0.05, 0) is 39.7 Å². The normalized spacial score (nSPS) is 11.6. The van der Waals surface area contributed by atoms with Crippen LogP contribution in [0.1, 0.15) is 16.1 Å². The minimum Gasteiger partial charge on any atom is -0.420 e. The van der Waals surface area contributed by atoms with Crippen molar-refractivity contribution in [2.75, 3.05) is 0 Å². The number of benzene rings is 9. The lowest BCUT2D eigenvalue weighted by atomic mass is 9.12. The average molecular weight is 1120 g/mol. The number of ether oxygens (including phenoxy) is 1. The van der Waals surface area contributed by atoms with Crippen molar-refractivity contribution in [3.8, 4) is 5.75 Å². The highest BCUT2D eigenvalue weighted by Crippen LogP contribution is 2.38. The topological polar surface area (TPSA) is 43.1 Å². The number of hydrogen-bond acceptors (Lipinski definition) is 3. The number of nitrogens with zero attached hydrogens (tertiary/aromatic N) is 2. The molecule has 0 saturated carbocycles. The molecule has 79 heavy (non-hydrogen) atoms. The number of hydrogen-bond donors (Lipinski definition) is 0. The number of esters is 1. The number of aromatic nitrogens is 2. The predicted molar refractivity (Wildman–Crippen MR) is 243 cm³/mol. The third-order valence-electron chi connectivity index (χ3n) is 12.8. The zero-order chi connectivity index (χ0) is 57.3. The number of carbonyl (C=O) groups excluding carboxylic acids is 1. The third kappa shape index (κ3) is 8.85. The molecule has 4 nitrogen and oxygen atoms in total. The van der Waals surface area contributed by atoms with E-state index in [0.717, 1.165) is 37.9 Å². The maximum atomic E-state index is 15.4. The van der Waals surface area contributed by atoms with Gasteiger partial charge in [0.05, 0.1) is 6.20 Å². The second kappa shape index (κ2) is 20.7. The van der Waals surface area contributed by atoms with Crippen molar-refractivity contribution in [2.45, 2.75) is 6.54 Å². The van der Waals surface area contributed by atoms with Crippen molar-refractivity contribution >= 4 is 66.3 Å². The third-order valence-corrected chi connectivity index (χ3v) is 12.8. The molecule has 0 aliphatic heterocycles. The second-order valence-corrected chi connectivity index (χ2v) is 17.1. The number of rotatable bonds is 8. The summed E-state index contributed by atoms with van der Waals surface area (Å²) in [7, 11) is 0. The molecule has 1 heterocycles. The van der Waals surface area contributed by atoms with E-state index >= 15 is 35.1 Å². The fourth-order valence-electron chi connectivity index (χ4n) is 9.28. The van der Waals surface area contributed by atoms with Gasteiger partial charge in [-0.25, -0.2) is 97.6 Å². The van der Waals surface area contributed by atoms with Crippen LogP contribution in [-0.2, 0) is 6.54 Å². The van der Waals surface area contributed by atoms with Crippen LogP contribution in [0, 0.1) is 116 Å². The van der Waals surface area contributed by atoms with Crippen LogP contribution in [0.25, 0.3) is 32.3 Å². The van der Waals surface area contributed by atoms with Gasteiger partial charge in [0, 0.05) is 16.3 Å². The Bertz CT molecular complexity index is 3800. The summed E-state index contributed by atoms with van der Waals surface area (Å²) in [5.41, 5.74) is -12.9. The lowest BCUT2D eigenvalue weighted by molar-refractivity contribution is -0.689. The van der Waals surface area contributed by atoms with Crippen LogP contribution in [0.4, 0.5) is 87.8 Å². The van der Waals surface area contributed by atoms with Crippen LogP contribution in [0.2, 0.25) is 0 Å². The monoisotopic (exact) mass is 1120 g/mol. The Morgan fingerprint density at radius 2 is 0.734 bits per heavy atom. The SMILES string of the molecule is Fc1c(F)c(F)c([B-](c2c(F)c(F)c(F)c(F)c2F)(c2c(F)c(F)c(F)c(F)c2F)c2c(F)c(F)c(F)c(F)c2F)c(F)c1F.O=C(Oc1c2ccccc2cc2cc3ccccc3cc12)c1c[n+](Cc2ccccc2)ccn1. The molecule has 25 heteroatoms. The summed E-state index contributed by atoms with van der Waals surface area (Å²) in [5, 5.41) is 6.09. The highest BCUT2D eigenvalue weighted by molar-refractivity contribution is 7.20. The average Bonchev–Trinajstić information content (AvgIpc) is 2.45. The van der Waals surface area contributed by atoms with E-state index in [0.29, 0.717) is 12.3 Å². The summed E-state index contributed by atoms with van der Waals surface area (Å²) >= 11 is 0. The van der Waals surface area contributed by atoms with Crippen molar-refractivity contribution in [1.29, 1.82) is 0 Å². The van der Waals surface area contributed by atoms with Crippen molar-refractivity contribution in [1.82, 2.24) is 4.98 Å². The van der Waals surface area contributed by atoms with Gasteiger partial charge in [-0.3, -0.25) is 0 Å². The first-order valence-electron chi connectivity index (χ1n) is 22.1. The molecule has 0 bridgehead atoms. The van der Waals surface area contributed by atoms with E-state index in [9.17, 15) is 57.5 Å². The Labute approximate surface area is 427 Å². The molecule has 0 unspecified atom stereocenters. The quantitative estimate of drug-likeness (QED) is 0.0223. The van der Waals surface area contributed by atoms with E-state index in [2.05, 4.69) is 47.4 Å².